The van der Waals surface area contributed by atoms with E-state index in [1.165, 1.54) is 0 Å². The topological polar surface area (TPSA) is 44.8 Å². The van der Waals surface area contributed by atoms with Gasteiger partial charge >= 0.3 is 5.97 Å². The van der Waals surface area contributed by atoms with Gasteiger partial charge in [-0.1, -0.05) is 37.3 Å². The molecule has 0 spiro atoms. The molecule has 2 aliphatic heterocycles. The highest BCUT2D eigenvalue weighted by atomic mass is 16.7. The molecule has 20 heavy (non-hydrogen) atoms. The second kappa shape index (κ2) is 4.94. The minimum absolute atomic E-state index is 0.124. The van der Waals surface area contributed by atoms with Gasteiger partial charge in [-0.15, -0.1) is 0 Å². The number of hydrogen-bond acceptors (Lipinski definition) is 4. The number of hydrogen-bond donors (Lipinski definition) is 0. The Hall–Kier alpha value is -1.81. The van der Waals surface area contributed by atoms with Crippen LogP contribution in [0.5, 0.6) is 0 Å². The minimum Gasteiger partial charge on any atom is -0.472 e. The first kappa shape index (κ1) is 13.2. The second-order valence-corrected chi connectivity index (χ2v) is 5.20. The highest BCUT2D eigenvalue weighted by Gasteiger charge is 2.64. The molecule has 4 atom stereocenters. The molecule has 2 aliphatic rings. The van der Waals surface area contributed by atoms with Crippen molar-refractivity contribution in [1.82, 2.24) is 0 Å². The lowest BCUT2D eigenvalue weighted by molar-refractivity contribution is -0.316. The predicted octanol–water partition coefficient (Wildman–Crippen LogP) is 2.74. The van der Waals surface area contributed by atoms with Gasteiger partial charge in [-0.25, -0.2) is 4.79 Å². The van der Waals surface area contributed by atoms with Crippen molar-refractivity contribution in [3.05, 3.63) is 48.2 Å². The van der Waals surface area contributed by atoms with Crippen LogP contribution in [-0.2, 0) is 24.6 Å². The van der Waals surface area contributed by atoms with Gasteiger partial charge in [0.15, 0.2) is 0 Å². The van der Waals surface area contributed by atoms with Crippen molar-refractivity contribution in [2.24, 2.45) is 5.92 Å². The molecular formula is C16H18O4. The van der Waals surface area contributed by atoms with Crippen LogP contribution in [0.15, 0.2) is 42.7 Å². The summed E-state index contributed by atoms with van der Waals surface area (Å²) in [5, 5.41) is 0. The van der Waals surface area contributed by atoms with E-state index < -0.39 is 5.60 Å². The number of ether oxygens (including phenoxy) is 3. The smallest absolute Gasteiger partial charge is 0.344 e. The molecule has 0 bridgehead atoms. The third-order valence-corrected chi connectivity index (χ3v) is 3.95. The number of carbonyl (C=O) groups is 1. The van der Waals surface area contributed by atoms with E-state index in [9.17, 15) is 4.79 Å². The van der Waals surface area contributed by atoms with Crippen LogP contribution in [0.4, 0.5) is 0 Å². The minimum atomic E-state index is -1.07. The van der Waals surface area contributed by atoms with Gasteiger partial charge in [0.1, 0.15) is 0 Å². The van der Waals surface area contributed by atoms with Crippen LogP contribution in [0, 0.1) is 5.92 Å². The van der Waals surface area contributed by atoms with Crippen LogP contribution in [0.1, 0.15) is 25.8 Å². The SMILES string of the molecule is CC[C@H](C)OC(=O)[C@]1(c2ccccc2)O[C@@H]2OC=C[C@@H]21. The Labute approximate surface area is 118 Å². The summed E-state index contributed by atoms with van der Waals surface area (Å²) < 4.78 is 16.6. The first-order valence-corrected chi connectivity index (χ1v) is 6.95. The van der Waals surface area contributed by atoms with E-state index >= 15 is 0 Å². The van der Waals surface area contributed by atoms with Gasteiger partial charge in [0.05, 0.1) is 18.3 Å². The third-order valence-electron chi connectivity index (χ3n) is 3.95. The maximum atomic E-state index is 12.6. The summed E-state index contributed by atoms with van der Waals surface area (Å²) in [5.41, 5.74) is -0.257. The average molecular weight is 274 g/mol. The molecule has 0 saturated carbocycles. The summed E-state index contributed by atoms with van der Waals surface area (Å²) >= 11 is 0. The zero-order valence-corrected chi connectivity index (χ0v) is 11.6. The van der Waals surface area contributed by atoms with E-state index in [4.69, 9.17) is 14.2 Å². The van der Waals surface area contributed by atoms with Crippen LogP contribution < -0.4 is 0 Å². The number of rotatable bonds is 4. The molecule has 0 unspecified atom stereocenters. The molecule has 0 radical (unpaired) electrons. The Morgan fingerprint density at radius 1 is 1.40 bits per heavy atom. The van der Waals surface area contributed by atoms with Gasteiger partial charge < -0.3 is 14.2 Å². The van der Waals surface area contributed by atoms with Crippen molar-refractivity contribution < 1.29 is 19.0 Å². The van der Waals surface area contributed by atoms with Crippen LogP contribution in [0.3, 0.4) is 0 Å². The Morgan fingerprint density at radius 3 is 2.80 bits per heavy atom. The summed E-state index contributed by atoms with van der Waals surface area (Å²) in [4.78, 5) is 12.6. The van der Waals surface area contributed by atoms with Crippen molar-refractivity contribution >= 4 is 5.97 Å². The van der Waals surface area contributed by atoms with Crippen LogP contribution >= 0.6 is 0 Å². The monoisotopic (exact) mass is 274 g/mol. The Balaban J connectivity index is 1.93. The molecule has 0 amide bonds. The first-order valence-electron chi connectivity index (χ1n) is 6.95. The normalized spacial score (nSPS) is 31.9. The van der Waals surface area contributed by atoms with Crippen LogP contribution in [0.25, 0.3) is 0 Å². The highest BCUT2D eigenvalue weighted by Crippen LogP contribution is 2.51. The first-order chi connectivity index (χ1) is 9.68. The lowest BCUT2D eigenvalue weighted by Gasteiger charge is -2.48. The van der Waals surface area contributed by atoms with Crippen LogP contribution in [-0.4, -0.2) is 18.4 Å². The number of carbonyl (C=O) groups excluding carboxylic acids is 1. The van der Waals surface area contributed by atoms with Gasteiger partial charge in [-0.2, -0.15) is 0 Å². The summed E-state index contributed by atoms with van der Waals surface area (Å²) in [7, 11) is 0. The molecule has 0 aromatic heterocycles. The fourth-order valence-corrected chi connectivity index (χ4v) is 2.60. The molecule has 2 heterocycles. The van der Waals surface area contributed by atoms with Crippen LogP contribution in [0.2, 0.25) is 0 Å². The second-order valence-electron chi connectivity index (χ2n) is 5.20. The van der Waals surface area contributed by atoms with E-state index in [0.29, 0.717) is 0 Å². The Kier molecular flexibility index (Phi) is 3.26. The van der Waals surface area contributed by atoms with Gasteiger partial charge in [-0.3, -0.25) is 0 Å². The molecule has 0 aliphatic carbocycles. The van der Waals surface area contributed by atoms with Crippen molar-refractivity contribution in [1.29, 1.82) is 0 Å². The fraction of sp³-hybridized carbons (Fsp3) is 0.438. The summed E-state index contributed by atoms with van der Waals surface area (Å²) in [5.74, 6) is -0.462. The van der Waals surface area contributed by atoms with Gasteiger partial charge in [0.2, 0.25) is 11.9 Å². The molecule has 1 aromatic rings. The van der Waals surface area contributed by atoms with E-state index in [1.807, 2.05) is 50.3 Å². The van der Waals surface area contributed by atoms with E-state index in [2.05, 4.69) is 0 Å². The predicted molar refractivity (Wildman–Crippen MR) is 72.6 cm³/mol. The molecule has 3 rings (SSSR count). The molecule has 1 saturated heterocycles. The largest absolute Gasteiger partial charge is 0.472 e. The summed E-state index contributed by atoms with van der Waals surface area (Å²) in [6, 6.07) is 9.47. The molecule has 1 fully saturated rings. The summed E-state index contributed by atoms with van der Waals surface area (Å²) in [6.45, 7) is 3.86. The maximum absolute atomic E-state index is 12.6. The quantitative estimate of drug-likeness (QED) is 0.792. The Bertz CT molecular complexity index is 525. The number of fused-ring (bicyclic) bond motifs is 1. The van der Waals surface area contributed by atoms with E-state index in [1.54, 1.807) is 6.26 Å². The lowest BCUT2D eigenvalue weighted by atomic mass is 9.76. The molecular weight excluding hydrogens is 256 g/mol. The summed E-state index contributed by atoms with van der Waals surface area (Å²) in [6.07, 6.45) is 3.74. The van der Waals surface area contributed by atoms with Gasteiger partial charge in [0, 0.05) is 0 Å². The molecule has 0 N–H and O–H groups in total. The lowest BCUT2D eigenvalue weighted by Crippen LogP contribution is -2.61. The standard InChI is InChI=1S/C16H18O4/c1-3-11(2)19-15(17)16(12-7-5-4-6-8-12)13-9-10-18-14(13)20-16/h4-11,13-14H,3H2,1-2H3/t11-,13-,14-,16+/m0/s1. The number of benzene rings is 1. The van der Waals surface area contributed by atoms with E-state index in [0.717, 1.165) is 12.0 Å². The maximum Gasteiger partial charge on any atom is 0.344 e. The Morgan fingerprint density at radius 2 is 2.15 bits per heavy atom. The highest BCUT2D eigenvalue weighted by molar-refractivity contribution is 5.83. The number of esters is 1. The van der Waals surface area contributed by atoms with Crippen molar-refractivity contribution in [3.63, 3.8) is 0 Å². The third kappa shape index (κ3) is 1.83. The van der Waals surface area contributed by atoms with Gasteiger partial charge in [0.25, 0.3) is 0 Å². The van der Waals surface area contributed by atoms with Crippen molar-refractivity contribution in [3.8, 4) is 0 Å². The molecule has 4 nitrogen and oxygen atoms in total. The fourth-order valence-electron chi connectivity index (χ4n) is 2.60. The molecule has 106 valence electrons. The molecule has 4 heteroatoms. The van der Waals surface area contributed by atoms with Crippen molar-refractivity contribution in [2.75, 3.05) is 0 Å². The van der Waals surface area contributed by atoms with Crippen molar-refractivity contribution in [2.45, 2.75) is 38.3 Å². The molecule has 1 aromatic carbocycles. The van der Waals surface area contributed by atoms with E-state index in [-0.39, 0.29) is 24.3 Å². The van der Waals surface area contributed by atoms with Gasteiger partial charge in [-0.05, 0) is 25.0 Å². The zero-order valence-electron chi connectivity index (χ0n) is 11.6. The zero-order chi connectivity index (χ0) is 14.2. The average Bonchev–Trinajstić information content (AvgIpc) is 2.83.